The summed E-state index contributed by atoms with van der Waals surface area (Å²) in [4.78, 5) is 31.1. The summed E-state index contributed by atoms with van der Waals surface area (Å²) in [6, 6.07) is 21.1. The Balaban J connectivity index is 1.56. The number of benzene rings is 3. The van der Waals surface area contributed by atoms with Gasteiger partial charge in [0.2, 0.25) is 5.91 Å². The van der Waals surface area contributed by atoms with Gasteiger partial charge in [-0.1, -0.05) is 42.1 Å². The molecule has 1 aromatic heterocycles. The first kappa shape index (κ1) is 24.5. The number of carbonyl (C=O) groups is 1. The summed E-state index contributed by atoms with van der Waals surface area (Å²) in [5.74, 6) is 0.707. The minimum Gasteiger partial charge on any atom is -0.497 e. The molecule has 35 heavy (non-hydrogen) atoms. The van der Waals surface area contributed by atoms with Crippen LogP contribution in [0.5, 0.6) is 5.75 Å². The van der Waals surface area contributed by atoms with Gasteiger partial charge in [0, 0.05) is 6.54 Å². The van der Waals surface area contributed by atoms with Crippen LogP contribution in [-0.4, -0.2) is 34.4 Å². The summed E-state index contributed by atoms with van der Waals surface area (Å²) in [5.41, 5.74) is 4.45. The number of thioether (sulfide) groups is 1. The van der Waals surface area contributed by atoms with Crippen molar-refractivity contribution in [3.8, 4) is 11.4 Å². The molecular formula is C28H29N3O3S. The zero-order valence-corrected chi connectivity index (χ0v) is 21.2. The van der Waals surface area contributed by atoms with Gasteiger partial charge in [0.15, 0.2) is 5.16 Å². The highest BCUT2D eigenvalue weighted by Gasteiger charge is 2.20. The van der Waals surface area contributed by atoms with Gasteiger partial charge in [0.1, 0.15) is 5.75 Å². The van der Waals surface area contributed by atoms with Crippen molar-refractivity contribution in [2.75, 3.05) is 13.7 Å². The molecule has 7 heteroatoms. The van der Waals surface area contributed by atoms with Gasteiger partial charge in [-0.25, -0.2) is 4.98 Å². The Kier molecular flexibility index (Phi) is 7.56. The van der Waals surface area contributed by atoms with E-state index in [2.05, 4.69) is 11.4 Å². The predicted molar refractivity (Wildman–Crippen MR) is 142 cm³/mol. The highest BCUT2D eigenvalue weighted by molar-refractivity contribution is 8.00. The van der Waals surface area contributed by atoms with Crippen LogP contribution in [0.2, 0.25) is 0 Å². The normalized spacial score (nSPS) is 11.9. The lowest BCUT2D eigenvalue weighted by atomic mass is 10.1. The first-order valence-corrected chi connectivity index (χ1v) is 12.4. The summed E-state index contributed by atoms with van der Waals surface area (Å²) in [6.45, 7) is 6.36. The van der Waals surface area contributed by atoms with E-state index in [0.717, 1.165) is 28.1 Å². The lowest BCUT2D eigenvalue weighted by molar-refractivity contribution is -0.120. The van der Waals surface area contributed by atoms with Crippen LogP contribution in [0.25, 0.3) is 16.6 Å². The molecular weight excluding hydrogens is 458 g/mol. The van der Waals surface area contributed by atoms with Gasteiger partial charge < -0.3 is 10.1 Å². The van der Waals surface area contributed by atoms with Crippen LogP contribution in [0.4, 0.5) is 0 Å². The van der Waals surface area contributed by atoms with Crippen LogP contribution in [0.3, 0.4) is 0 Å². The number of aryl methyl sites for hydroxylation is 2. The number of fused-ring (bicyclic) bond motifs is 1. The summed E-state index contributed by atoms with van der Waals surface area (Å²) in [6.07, 6.45) is 0.717. The summed E-state index contributed by atoms with van der Waals surface area (Å²) in [7, 11) is 1.64. The van der Waals surface area contributed by atoms with Gasteiger partial charge >= 0.3 is 0 Å². The molecule has 4 rings (SSSR count). The third-order valence-corrected chi connectivity index (χ3v) is 6.79. The molecule has 1 unspecified atom stereocenters. The van der Waals surface area contributed by atoms with Crippen molar-refractivity contribution in [3.63, 3.8) is 0 Å². The fourth-order valence-electron chi connectivity index (χ4n) is 3.98. The Morgan fingerprint density at radius 3 is 2.43 bits per heavy atom. The summed E-state index contributed by atoms with van der Waals surface area (Å²) in [5, 5.41) is 3.61. The zero-order chi connectivity index (χ0) is 24.9. The minimum atomic E-state index is -0.434. The monoisotopic (exact) mass is 487 g/mol. The first-order valence-electron chi connectivity index (χ1n) is 11.5. The van der Waals surface area contributed by atoms with E-state index in [0.29, 0.717) is 29.0 Å². The molecule has 0 aliphatic carbocycles. The van der Waals surface area contributed by atoms with Crippen molar-refractivity contribution in [1.29, 1.82) is 0 Å². The Morgan fingerprint density at radius 2 is 1.74 bits per heavy atom. The number of para-hydroxylation sites is 1. The molecule has 1 amide bonds. The molecule has 4 aromatic rings. The maximum atomic E-state index is 13.5. The quantitative estimate of drug-likeness (QED) is 0.284. The minimum absolute atomic E-state index is 0.0992. The van der Waals surface area contributed by atoms with Gasteiger partial charge in [0.05, 0.1) is 29.0 Å². The standard InChI is InChI=1S/C28H29N3O3S/c1-18-15-19(2)17-22(16-18)31-27(33)24-7-5-6-8-25(24)30-28(31)35-20(3)26(32)29-14-13-21-9-11-23(34-4)12-10-21/h5-12,15-17,20H,13-14H2,1-4H3,(H,29,32). The van der Waals surface area contributed by atoms with E-state index in [1.807, 2.05) is 75.4 Å². The van der Waals surface area contributed by atoms with E-state index in [-0.39, 0.29) is 11.5 Å². The van der Waals surface area contributed by atoms with Crippen molar-refractivity contribution < 1.29 is 9.53 Å². The molecule has 180 valence electrons. The van der Waals surface area contributed by atoms with E-state index < -0.39 is 5.25 Å². The van der Waals surface area contributed by atoms with E-state index >= 15 is 0 Å². The van der Waals surface area contributed by atoms with E-state index in [1.54, 1.807) is 17.7 Å². The highest BCUT2D eigenvalue weighted by atomic mass is 32.2. The fraction of sp³-hybridized carbons (Fsp3) is 0.250. The molecule has 0 radical (unpaired) electrons. The molecule has 0 spiro atoms. The van der Waals surface area contributed by atoms with Crippen LogP contribution in [-0.2, 0) is 11.2 Å². The number of amides is 1. The zero-order valence-electron chi connectivity index (χ0n) is 20.4. The summed E-state index contributed by atoms with van der Waals surface area (Å²) >= 11 is 1.29. The second-order valence-corrected chi connectivity index (χ2v) is 9.86. The van der Waals surface area contributed by atoms with Crippen LogP contribution >= 0.6 is 11.8 Å². The maximum absolute atomic E-state index is 13.5. The van der Waals surface area contributed by atoms with Crippen molar-refractivity contribution in [1.82, 2.24) is 14.9 Å². The van der Waals surface area contributed by atoms with Crippen LogP contribution in [0.1, 0.15) is 23.6 Å². The average molecular weight is 488 g/mol. The van der Waals surface area contributed by atoms with Crippen molar-refractivity contribution in [2.24, 2.45) is 0 Å². The van der Waals surface area contributed by atoms with Gasteiger partial charge in [-0.2, -0.15) is 0 Å². The number of nitrogens with one attached hydrogen (secondary N) is 1. The molecule has 0 aliphatic rings. The number of rotatable bonds is 8. The SMILES string of the molecule is COc1ccc(CCNC(=O)C(C)Sc2nc3ccccc3c(=O)n2-c2cc(C)cc(C)c2)cc1. The van der Waals surface area contributed by atoms with Crippen LogP contribution in [0, 0.1) is 13.8 Å². The molecule has 6 nitrogen and oxygen atoms in total. The largest absolute Gasteiger partial charge is 0.497 e. The Labute approximate surface area is 209 Å². The Morgan fingerprint density at radius 1 is 1.06 bits per heavy atom. The predicted octanol–water partition coefficient (Wildman–Crippen LogP) is 4.85. The van der Waals surface area contributed by atoms with Crippen LogP contribution < -0.4 is 15.6 Å². The smallest absolute Gasteiger partial charge is 0.266 e. The molecule has 0 fully saturated rings. The third kappa shape index (κ3) is 5.74. The fourth-order valence-corrected chi connectivity index (χ4v) is 4.93. The van der Waals surface area contributed by atoms with Crippen molar-refractivity contribution >= 4 is 28.6 Å². The van der Waals surface area contributed by atoms with E-state index in [9.17, 15) is 9.59 Å². The van der Waals surface area contributed by atoms with Gasteiger partial charge in [-0.3, -0.25) is 14.2 Å². The number of methoxy groups -OCH3 is 1. The van der Waals surface area contributed by atoms with Crippen molar-refractivity contribution in [2.45, 2.75) is 37.6 Å². The number of aromatic nitrogens is 2. The maximum Gasteiger partial charge on any atom is 0.266 e. The summed E-state index contributed by atoms with van der Waals surface area (Å²) < 4.78 is 6.81. The molecule has 0 aliphatic heterocycles. The number of hydrogen-bond donors (Lipinski definition) is 1. The van der Waals surface area contributed by atoms with Gasteiger partial charge in [-0.15, -0.1) is 0 Å². The topological polar surface area (TPSA) is 73.2 Å². The molecule has 1 N–H and O–H groups in total. The number of ether oxygens (including phenoxy) is 1. The third-order valence-electron chi connectivity index (χ3n) is 5.73. The average Bonchev–Trinajstić information content (AvgIpc) is 2.84. The molecule has 1 heterocycles. The Hall–Kier alpha value is -3.58. The molecule has 0 saturated heterocycles. The number of hydrogen-bond acceptors (Lipinski definition) is 5. The van der Waals surface area contributed by atoms with Crippen LogP contribution in [0.15, 0.2) is 76.7 Å². The number of carbonyl (C=O) groups excluding carboxylic acids is 1. The lowest BCUT2D eigenvalue weighted by Gasteiger charge is -2.17. The molecule has 1 atom stereocenters. The second kappa shape index (κ2) is 10.8. The lowest BCUT2D eigenvalue weighted by Crippen LogP contribution is -2.33. The van der Waals surface area contributed by atoms with Gasteiger partial charge in [-0.05, 0) is 80.3 Å². The van der Waals surface area contributed by atoms with Gasteiger partial charge in [0.25, 0.3) is 5.56 Å². The van der Waals surface area contributed by atoms with E-state index in [1.165, 1.54) is 11.8 Å². The van der Waals surface area contributed by atoms with Crippen molar-refractivity contribution in [3.05, 3.63) is 93.8 Å². The highest BCUT2D eigenvalue weighted by Crippen LogP contribution is 2.26. The second-order valence-electron chi connectivity index (χ2n) is 8.55. The molecule has 3 aromatic carbocycles. The number of nitrogens with zero attached hydrogens (tertiary/aromatic N) is 2. The Bertz CT molecular complexity index is 1390. The van der Waals surface area contributed by atoms with E-state index in [4.69, 9.17) is 9.72 Å². The molecule has 0 bridgehead atoms. The first-order chi connectivity index (χ1) is 16.9. The molecule has 0 saturated carbocycles.